The van der Waals surface area contributed by atoms with E-state index in [4.69, 9.17) is 0 Å². The zero-order valence-electron chi connectivity index (χ0n) is 12.8. The van der Waals surface area contributed by atoms with Gasteiger partial charge in [-0.3, -0.25) is 9.59 Å². The molecule has 2 amide bonds. The maximum Gasteiger partial charge on any atom is 0.232 e. The number of halogens is 1. The lowest BCUT2D eigenvalue weighted by molar-refractivity contribution is -0.124. The summed E-state index contributed by atoms with van der Waals surface area (Å²) in [5, 5.41) is 0. The lowest BCUT2D eigenvalue weighted by Gasteiger charge is -2.21. The van der Waals surface area contributed by atoms with Crippen molar-refractivity contribution in [3.8, 4) is 0 Å². The lowest BCUT2D eigenvalue weighted by Crippen LogP contribution is -2.34. The minimum Gasteiger partial charge on any atom is -0.315 e. The van der Waals surface area contributed by atoms with E-state index in [1.54, 1.807) is 16.8 Å². The van der Waals surface area contributed by atoms with E-state index in [2.05, 4.69) is 15.9 Å². The number of anilines is 2. The second-order valence-electron chi connectivity index (χ2n) is 5.62. The highest BCUT2D eigenvalue weighted by molar-refractivity contribution is 9.10. The highest BCUT2D eigenvalue weighted by Crippen LogP contribution is 2.29. The van der Waals surface area contributed by atoms with Gasteiger partial charge < -0.3 is 9.80 Å². The molecule has 0 N–H and O–H groups in total. The van der Waals surface area contributed by atoms with Crippen LogP contribution in [0.5, 0.6) is 0 Å². The fourth-order valence-corrected chi connectivity index (χ4v) is 3.21. The van der Waals surface area contributed by atoms with Gasteiger partial charge >= 0.3 is 0 Å². The summed E-state index contributed by atoms with van der Waals surface area (Å²) in [5.41, 5.74) is 1.66. The maximum absolute atomic E-state index is 12.7. The summed E-state index contributed by atoms with van der Waals surface area (Å²) in [6.45, 7) is 0.422. The predicted molar refractivity (Wildman–Crippen MR) is 94.5 cm³/mol. The van der Waals surface area contributed by atoms with Crippen LogP contribution >= 0.6 is 15.9 Å². The first-order chi connectivity index (χ1) is 11.1. The van der Waals surface area contributed by atoms with Crippen molar-refractivity contribution in [3.05, 3.63) is 59.1 Å². The molecular formula is C18H17BrN2O2. The van der Waals surface area contributed by atoms with Crippen molar-refractivity contribution in [3.63, 3.8) is 0 Å². The molecule has 0 saturated carbocycles. The zero-order chi connectivity index (χ0) is 16.4. The van der Waals surface area contributed by atoms with Gasteiger partial charge in [-0.15, -0.1) is 0 Å². The first-order valence-corrected chi connectivity index (χ1v) is 8.24. The minimum atomic E-state index is -0.313. The predicted octanol–water partition coefficient (Wildman–Crippen LogP) is 3.47. The van der Waals surface area contributed by atoms with Crippen molar-refractivity contribution < 1.29 is 9.59 Å². The molecule has 0 spiro atoms. The number of hydrogen-bond acceptors (Lipinski definition) is 2. The molecule has 0 radical (unpaired) electrons. The highest BCUT2D eigenvalue weighted by atomic mass is 79.9. The SMILES string of the molecule is CN(C(=O)C1CC(=O)N(c2cccc(Br)c2)C1)c1ccccc1. The van der Waals surface area contributed by atoms with Gasteiger partial charge in [-0.25, -0.2) is 0 Å². The number of carbonyl (C=O) groups excluding carboxylic acids is 2. The molecule has 0 aromatic heterocycles. The Morgan fingerprint density at radius 2 is 1.91 bits per heavy atom. The van der Waals surface area contributed by atoms with Gasteiger partial charge in [0.2, 0.25) is 11.8 Å². The first kappa shape index (κ1) is 15.7. The number of amides is 2. The summed E-state index contributed by atoms with van der Waals surface area (Å²) >= 11 is 3.41. The van der Waals surface area contributed by atoms with Gasteiger partial charge in [0, 0.05) is 35.9 Å². The van der Waals surface area contributed by atoms with Crippen LogP contribution in [0.2, 0.25) is 0 Å². The van der Waals surface area contributed by atoms with Crippen LogP contribution in [0.3, 0.4) is 0 Å². The van der Waals surface area contributed by atoms with Crippen LogP contribution in [-0.4, -0.2) is 25.4 Å². The molecule has 1 fully saturated rings. The topological polar surface area (TPSA) is 40.6 Å². The molecule has 2 aromatic carbocycles. The fraction of sp³-hybridized carbons (Fsp3) is 0.222. The summed E-state index contributed by atoms with van der Waals surface area (Å²) in [6.07, 6.45) is 0.253. The molecule has 118 valence electrons. The largest absolute Gasteiger partial charge is 0.315 e. The summed E-state index contributed by atoms with van der Waals surface area (Å²) in [6, 6.07) is 17.1. The number of benzene rings is 2. The molecule has 1 heterocycles. The summed E-state index contributed by atoms with van der Waals surface area (Å²) < 4.78 is 0.916. The zero-order valence-corrected chi connectivity index (χ0v) is 14.4. The summed E-state index contributed by atoms with van der Waals surface area (Å²) in [5.74, 6) is -0.350. The van der Waals surface area contributed by atoms with Crippen LogP contribution in [0.1, 0.15) is 6.42 Å². The van der Waals surface area contributed by atoms with Crippen molar-refractivity contribution in [2.45, 2.75) is 6.42 Å². The van der Waals surface area contributed by atoms with Gasteiger partial charge in [0.15, 0.2) is 0 Å². The first-order valence-electron chi connectivity index (χ1n) is 7.45. The third-order valence-corrected chi connectivity index (χ3v) is 4.56. The highest BCUT2D eigenvalue weighted by Gasteiger charge is 2.36. The Bertz CT molecular complexity index is 733. The second-order valence-corrected chi connectivity index (χ2v) is 6.53. The molecule has 1 unspecified atom stereocenters. The molecule has 3 rings (SSSR count). The lowest BCUT2D eigenvalue weighted by atomic mass is 10.1. The average Bonchev–Trinajstić information content (AvgIpc) is 2.96. The standard InChI is InChI=1S/C18H17BrN2O2/c1-20(15-7-3-2-4-8-15)18(23)13-10-17(22)21(12-13)16-9-5-6-14(19)11-16/h2-9,11,13H,10,12H2,1H3. The van der Waals surface area contributed by atoms with E-state index in [1.165, 1.54) is 0 Å². The molecular weight excluding hydrogens is 356 g/mol. The molecule has 1 atom stereocenters. The molecule has 0 aliphatic carbocycles. The Hall–Kier alpha value is -2.14. The van der Waals surface area contributed by atoms with Gasteiger partial charge in [-0.2, -0.15) is 0 Å². The van der Waals surface area contributed by atoms with E-state index < -0.39 is 0 Å². The van der Waals surface area contributed by atoms with Gasteiger partial charge in [-0.05, 0) is 30.3 Å². The fourth-order valence-electron chi connectivity index (χ4n) is 2.82. The molecule has 2 aromatic rings. The van der Waals surface area contributed by atoms with Crippen molar-refractivity contribution >= 4 is 39.1 Å². The second kappa shape index (κ2) is 6.54. The van der Waals surface area contributed by atoms with E-state index in [1.807, 2.05) is 54.6 Å². The van der Waals surface area contributed by atoms with Gasteiger partial charge in [-0.1, -0.05) is 40.2 Å². The molecule has 4 nitrogen and oxygen atoms in total. The summed E-state index contributed by atoms with van der Waals surface area (Å²) in [7, 11) is 1.75. The Morgan fingerprint density at radius 3 is 2.61 bits per heavy atom. The quantitative estimate of drug-likeness (QED) is 0.827. The van der Waals surface area contributed by atoms with Gasteiger partial charge in [0.25, 0.3) is 0 Å². The number of rotatable bonds is 3. The number of para-hydroxylation sites is 1. The number of hydrogen-bond donors (Lipinski definition) is 0. The molecule has 1 aliphatic heterocycles. The molecule has 0 bridgehead atoms. The smallest absolute Gasteiger partial charge is 0.232 e. The average molecular weight is 373 g/mol. The van der Waals surface area contributed by atoms with Gasteiger partial charge in [0.1, 0.15) is 0 Å². The van der Waals surface area contributed by atoms with Crippen molar-refractivity contribution in [1.82, 2.24) is 0 Å². The molecule has 1 saturated heterocycles. The van der Waals surface area contributed by atoms with Crippen LogP contribution in [0.15, 0.2) is 59.1 Å². The van der Waals surface area contributed by atoms with Crippen LogP contribution in [0.25, 0.3) is 0 Å². The minimum absolute atomic E-state index is 0.0112. The third-order valence-electron chi connectivity index (χ3n) is 4.07. The molecule has 23 heavy (non-hydrogen) atoms. The van der Waals surface area contributed by atoms with Crippen LogP contribution in [0.4, 0.5) is 11.4 Å². The van der Waals surface area contributed by atoms with Crippen molar-refractivity contribution in [2.75, 3.05) is 23.4 Å². The monoisotopic (exact) mass is 372 g/mol. The number of carbonyl (C=O) groups is 2. The van der Waals surface area contributed by atoms with Crippen LogP contribution in [0, 0.1) is 5.92 Å². The van der Waals surface area contributed by atoms with E-state index in [0.29, 0.717) is 6.54 Å². The molecule has 1 aliphatic rings. The van der Waals surface area contributed by atoms with Crippen molar-refractivity contribution in [1.29, 1.82) is 0 Å². The van der Waals surface area contributed by atoms with E-state index in [9.17, 15) is 9.59 Å². The van der Waals surface area contributed by atoms with Crippen LogP contribution in [-0.2, 0) is 9.59 Å². The molecule has 5 heteroatoms. The maximum atomic E-state index is 12.7. The van der Waals surface area contributed by atoms with E-state index in [0.717, 1.165) is 15.8 Å². The summed E-state index contributed by atoms with van der Waals surface area (Å²) in [4.78, 5) is 28.3. The third kappa shape index (κ3) is 3.29. The Morgan fingerprint density at radius 1 is 1.17 bits per heavy atom. The Kier molecular flexibility index (Phi) is 4.48. The normalized spacial score (nSPS) is 17.4. The van der Waals surface area contributed by atoms with Crippen molar-refractivity contribution in [2.24, 2.45) is 5.92 Å². The number of nitrogens with zero attached hydrogens (tertiary/aromatic N) is 2. The Balaban J connectivity index is 1.76. The van der Waals surface area contributed by atoms with E-state index >= 15 is 0 Å². The van der Waals surface area contributed by atoms with Crippen LogP contribution < -0.4 is 9.80 Å². The van der Waals surface area contributed by atoms with Gasteiger partial charge in [0.05, 0.1) is 5.92 Å². The Labute approximate surface area is 143 Å². The van der Waals surface area contributed by atoms with E-state index in [-0.39, 0.29) is 24.2 Å².